The molecule has 178 valence electrons. The SMILES string of the molecule is C[C@]1(C(=O)NC2CCCCCCC2)Cn2nc(-c3ccco3)cc2C(=O)N1c1ccccc1Cl. The van der Waals surface area contributed by atoms with Gasteiger partial charge in [-0.2, -0.15) is 5.10 Å². The van der Waals surface area contributed by atoms with Crippen molar-refractivity contribution in [2.45, 2.75) is 70.0 Å². The van der Waals surface area contributed by atoms with Gasteiger partial charge in [0.15, 0.2) is 5.76 Å². The van der Waals surface area contributed by atoms with Gasteiger partial charge in [-0.05, 0) is 44.0 Å². The molecule has 1 N–H and O–H groups in total. The van der Waals surface area contributed by atoms with E-state index < -0.39 is 5.54 Å². The largest absolute Gasteiger partial charge is 0.463 e. The summed E-state index contributed by atoms with van der Waals surface area (Å²) in [6.45, 7) is 2.00. The Kier molecular flexibility index (Phi) is 6.21. The Labute approximate surface area is 204 Å². The van der Waals surface area contributed by atoms with Gasteiger partial charge < -0.3 is 9.73 Å². The van der Waals surface area contributed by atoms with Gasteiger partial charge in [0, 0.05) is 12.1 Å². The van der Waals surface area contributed by atoms with Crippen LogP contribution in [0.4, 0.5) is 5.69 Å². The van der Waals surface area contributed by atoms with Gasteiger partial charge in [-0.25, -0.2) is 0 Å². The Morgan fingerprint density at radius 2 is 1.85 bits per heavy atom. The van der Waals surface area contributed by atoms with Crippen molar-refractivity contribution >= 4 is 29.1 Å². The summed E-state index contributed by atoms with van der Waals surface area (Å²) in [4.78, 5) is 29.3. The Bertz CT molecular complexity index is 1180. The number of benzene rings is 1. The zero-order valence-corrected chi connectivity index (χ0v) is 20.1. The minimum atomic E-state index is -1.20. The lowest BCUT2D eigenvalue weighted by Crippen LogP contribution is -2.65. The number of hydrogen-bond donors (Lipinski definition) is 1. The fraction of sp³-hybridized carbons (Fsp3) is 0.423. The van der Waals surface area contributed by atoms with Gasteiger partial charge in [0.2, 0.25) is 5.91 Å². The maximum Gasteiger partial charge on any atom is 0.277 e. The van der Waals surface area contributed by atoms with Gasteiger partial charge in [0.25, 0.3) is 5.91 Å². The van der Waals surface area contributed by atoms with Crippen molar-refractivity contribution in [2.24, 2.45) is 0 Å². The number of nitrogens with zero attached hydrogens (tertiary/aromatic N) is 3. The van der Waals surface area contributed by atoms with Crippen LogP contribution < -0.4 is 10.2 Å². The molecule has 0 spiro atoms. The predicted octanol–water partition coefficient (Wildman–Crippen LogP) is 5.44. The summed E-state index contributed by atoms with van der Waals surface area (Å²) in [5, 5.41) is 8.29. The maximum absolute atomic E-state index is 13.9. The number of para-hydroxylation sites is 1. The molecular formula is C26H29ClN4O3. The first-order valence-electron chi connectivity index (χ1n) is 12.0. The van der Waals surface area contributed by atoms with Gasteiger partial charge in [0.1, 0.15) is 16.9 Å². The molecule has 1 aliphatic heterocycles. The summed E-state index contributed by atoms with van der Waals surface area (Å²) in [6.07, 6.45) is 9.33. The van der Waals surface area contributed by atoms with Crippen molar-refractivity contribution in [3.05, 3.63) is 59.4 Å². The molecule has 1 aromatic carbocycles. The molecule has 34 heavy (non-hydrogen) atoms. The number of aromatic nitrogens is 2. The van der Waals surface area contributed by atoms with E-state index in [0.29, 0.717) is 27.9 Å². The monoisotopic (exact) mass is 480 g/mol. The van der Waals surface area contributed by atoms with Crippen molar-refractivity contribution in [1.29, 1.82) is 0 Å². The van der Waals surface area contributed by atoms with Gasteiger partial charge in [0.05, 0.1) is 23.5 Å². The molecule has 8 heteroatoms. The Balaban J connectivity index is 1.53. The predicted molar refractivity (Wildman–Crippen MR) is 131 cm³/mol. The first-order valence-corrected chi connectivity index (χ1v) is 12.4. The molecule has 2 aliphatic rings. The van der Waals surface area contributed by atoms with Crippen LogP contribution in [-0.4, -0.2) is 33.2 Å². The molecule has 1 saturated carbocycles. The third kappa shape index (κ3) is 4.13. The van der Waals surface area contributed by atoms with E-state index in [0.717, 1.165) is 25.7 Å². The average Bonchev–Trinajstić information content (AvgIpc) is 3.46. The lowest BCUT2D eigenvalue weighted by Gasteiger charge is -2.44. The van der Waals surface area contributed by atoms with E-state index in [2.05, 4.69) is 10.4 Å². The second kappa shape index (κ2) is 9.29. The van der Waals surface area contributed by atoms with Gasteiger partial charge in [-0.1, -0.05) is 55.8 Å². The van der Waals surface area contributed by atoms with E-state index in [1.54, 1.807) is 48.2 Å². The van der Waals surface area contributed by atoms with E-state index in [9.17, 15) is 9.59 Å². The number of carbonyl (C=O) groups is 2. The standard InChI is InChI=1S/C26H29ClN4O3/c1-26(25(33)28-18-10-5-3-2-4-6-11-18)17-30-22(16-20(29-30)23-14-9-15-34-23)24(32)31(26)21-13-8-7-12-19(21)27/h7-9,12-16,18H,2-6,10-11,17H2,1H3,(H,28,33)/t26-/m1/s1. The van der Waals surface area contributed by atoms with E-state index >= 15 is 0 Å². The van der Waals surface area contributed by atoms with Crippen molar-refractivity contribution in [2.75, 3.05) is 4.90 Å². The molecule has 0 unspecified atom stereocenters. The highest BCUT2D eigenvalue weighted by Crippen LogP contribution is 2.37. The number of amides is 2. The summed E-state index contributed by atoms with van der Waals surface area (Å²) in [5.74, 6) is 0.0617. The number of nitrogens with one attached hydrogen (secondary N) is 1. The summed E-state index contributed by atoms with van der Waals surface area (Å²) < 4.78 is 7.10. The minimum Gasteiger partial charge on any atom is -0.463 e. The summed E-state index contributed by atoms with van der Waals surface area (Å²) >= 11 is 6.54. The molecule has 1 fully saturated rings. The lowest BCUT2D eigenvalue weighted by atomic mass is 9.91. The molecule has 5 rings (SSSR count). The van der Waals surface area contributed by atoms with Crippen LogP contribution in [0.2, 0.25) is 5.02 Å². The smallest absolute Gasteiger partial charge is 0.277 e. The Hall–Kier alpha value is -3.06. The molecule has 1 atom stereocenters. The molecule has 3 aromatic rings. The van der Waals surface area contributed by atoms with Crippen molar-refractivity contribution < 1.29 is 14.0 Å². The third-order valence-electron chi connectivity index (χ3n) is 6.95. The Morgan fingerprint density at radius 1 is 1.12 bits per heavy atom. The van der Waals surface area contributed by atoms with Gasteiger partial charge >= 0.3 is 0 Å². The van der Waals surface area contributed by atoms with Crippen molar-refractivity contribution in [3.8, 4) is 11.5 Å². The maximum atomic E-state index is 13.9. The molecule has 0 saturated heterocycles. The molecule has 0 radical (unpaired) electrons. The van der Waals surface area contributed by atoms with E-state index in [-0.39, 0.29) is 24.4 Å². The fourth-order valence-corrected chi connectivity index (χ4v) is 5.30. The zero-order valence-electron chi connectivity index (χ0n) is 19.3. The highest BCUT2D eigenvalue weighted by Gasteiger charge is 2.49. The number of anilines is 1. The fourth-order valence-electron chi connectivity index (χ4n) is 5.08. The van der Waals surface area contributed by atoms with E-state index in [4.69, 9.17) is 16.0 Å². The van der Waals surface area contributed by atoms with Crippen LogP contribution in [-0.2, 0) is 11.3 Å². The number of hydrogen-bond acceptors (Lipinski definition) is 4. The van der Waals surface area contributed by atoms with Crippen molar-refractivity contribution in [3.63, 3.8) is 0 Å². The molecule has 0 bridgehead atoms. The summed E-state index contributed by atoms with van der Waals surface area (Å²) in [5.41, 5.74) is 0.250. The van der Waals surface area contributed by atoms with Crippen LogP contribution in [0.25, 0.3) is 11.5 Å². The van der Waals surface area contributed by atoms with Crippen LogP contribution in [0, 0.1) is 0 Å². The average molecular weight is 481 g/mol. The molecule has 3 heterocycles. The van der Waals surface area contributed by atoms with E-state index in [1.807, 2.05) is 12.1 Å². The molecule has 2 amide bonds. The second-order valence-electron chi connectivity index (χ2n) is 9.43. The zero-order chi connectivity index (χ0) is 23.7. The third-order valence-corrected chi connectivity index (χ3v) is 7.27. The first-order chi connectivity index (χ1) is 16.5. The van der Waals surface area contributed by atoms with E-state index in [1.165, 1.54) is 24.2 Å². The normalized spacial score (nSPS) is 21.6. The molecular weight excluding hydrogens is 452 g/mol. The second-order valence-corrected chi connectivity index (χ2v) is 9.84. The molecule has 2 aromatic heterocycles. The number of halogens is 1. The number of fused-ring (bicyclic) bond motifs is 1. The topological polar surface area (TPSA) is 80.4 Å². The van der Waals surface area contributed by atoms with Gasteiger partial charge in [-0.15, -0.1) is 0 Å². The van der Waals surface area contributed by atoms with Crippen molar-refractivity contribution in [1.82, 2.24) is 15.1 Å². The van der Waals surface area contributed by atoms with Crippen LogP contribution in [0.3, 0.4) is 0 Å². The lowest BCUT2D eigenvalue weighted by molar-refractivity contribution is -0.127. The van der Waals surface area contributed by atoms with Crippen LogP contribution >= 0.6 is 11.6 Å². The van der Waals surface area contributed by atoms with Gasteiger partial charge in [-0.3, -0.25) is 19.2 Å². The van der Waals surface area contributed by atoms with Crippen LogP contribution in [0.5, 0.6) is 0 Å². The Morgan fingerprint density at radius 3 is 2.56 bits per heavy atom. The molecule has 1 aliphatic carbocycles. The van der Waals surface area contributed by atoms with Crippen LogP contribution in [0.15, 0.2) is 53.1 Å². The summed E-state index contributed by atoms with van der Waals surface area (Å²) in [7, 11) is 0. The highest BCUT2D eigenvalue weighted by molar-refractivity contribution is 6.34. The number of rotatable bonds is 4. The quantitative estimate of drug-likeness (QED) is 0.538. The first kappa shape index (κ1) is 22.7. The number of furan rings is 1. The number of carbonyl (C=O) groups excluding carboxylic acids is 2. The summed E-state index contributed by atoms with van der Waals surface area (Å²) in [6, 6.07) is 12.5. The highest BCUT2D eigenvalue weighted by atomic mass is 35.5. The molecule has 7 nitrogen and oxygen atoms in total. The minimum absolute atomic E-state index is 0.102. The van der Waals surface area contributed by atoms with Crippen LogP contribution in [0.1, 0.15) is 62.4 Å².